The van der Waals surface area contributed by atoms with Crippen LogP contribution in [-0.2, 0) is 0 Å². The van der Waals surface area contributed by atoms with Crippen molar-refractivity contribution in [1.29, 1.82) is 0 Å². The third-order valence-corrected chi connectivity index (χ3v) is 7.79. The van der Waals surface area contributed by atoms with Crippen molar-refractivity contribution in [3.8, 4) is 0 Å². The minimum absolute atomic E-state index is 0.0657. The van der Waals surface area contributed by atoms with Gasteiger partial charge in [-0.25, -0.2) is 0 Å². The Bertz CT molecular complexity index is 523. The smallest absolute Gasteiger partial charge is 0.117 e. The SMILES string of the molecule is CC(C)[C@]1(O)CC2=CC[C@H]3C(C)(C)CCC[C@]3(C)[C@@]2(O)[C@H](O)C1. The normalized spacial score (nSPS) is 49.3. The van der Waals surface area contributed by atoms with Crippen molar-refractivity contribution in [1.82, 2.24) is 0 Å². The number of hydrogen-bond acceptors (Lipinski definition) is 3. The van der Waals surface area contributed by atoms with E-state index in [-0.39, 0.29) is 23.2 Å². The molecule has 3 rings (SSSR count). The van der Waals surface area contributed by atoms with E-state index in [2.05, 4.69) is 26.8 Å². The lowest BCUT2D eigenvalue weighted by molar-refractivity contribution is -0.223. The van der Waals surface area contributed by atoms with Crippen LogP contribution in [0.2, 0.25) is 0 Å². The van der Waals surface area contributed by atoms with Gasteiger partial charge in [-0.15, -0.1) is 0 Å². The predicted molar refractivity (Wildman–Crippen MR) is 91.9 cm³/mol. The van der Waals surface area contributed by atoms with Crippen LogP contribution in [0.1, 0.15) is 73.1 Å². The molecular formula is C20H34O3. The standard InChI is InChI=1S/C20H34O3/c1-13(2)19(22)11-14-7-8-15-17(3,4)9-6-10-18(15,5)20(14,23)16(21)12-19/h7,13,15-16,21-23H,6,8-12H2,1-5H3/t15-,16+,18-,19-,20-/m0/s1. The zero-order valence-corrected chi connectivity index (χ0v) is 15.4. The van der Waals surface area contributed by atoms with E-state index < -0.39 is 17.3 Å². The topological polar surface area (TPSA) is 60.7 Å². The van der Waals surface area contributed by atoms with E-state index in [4.69, 9.17) is 0 Å². The van der Waals surface area contributed by atoms with Crippen molar-refractivity contribution in [2.75, 3.05) is 0 Å². The summed E-state index contributed by atoms with van der Waals surface area (Å²) in [5, 5.41) is 33.6. The maximum atomic E-state index is 11.7. The molecule has 0 saturated heterocycles. The molecule has 0 aliphatic heterocycles. The van der Waals surface area contributed by atoms with Crippen LogP contribution >= 0.6 is 0 Å². The van der Waals surface area contributed by atoms with Gasteiger partial charge in [-0.05, 0) is 42.1 Å². The minimum Gasteiger partial charge on any atom is -0.390 e. The van der Waals surface area contributed by atoms with E-state index in [0.29, 0.717) is 12.3 Å². The van der Waals surface area contributed by atoms with Gasteiger partial charge in [0.2, 0.25) is 0 Å². The first-order chi connectivity index (χ1) is 10.5. The van der Waals surface area contributed by atoms with Crippen LogP contribution in [0, 0.1) is 22.7 Å². The summed E-state index contributed by atoms with van der Waals surface area (Å²) in [5.41, 5.74) is -1.35. The zero-order valence-electron chi connectivity index (χ0n) is 15.4. The second-order valence-electron chi connectivity index (χ2n) is 9.70. The number of aliphatic hydroxyl groups is 3. The average Bonchev–Trinajstić information content (AvgIpc) is 2.41. The molecule has 3 heteroatoms. The second-order valence-corrected chi connectivity index (χ2v) is 9.70. The van der Waals surface area contributed by atoms with Gasteiger partial charge in [-0.3, -0.25) is 0 Å². The van der Waals surface area contributed by atoms with Gasteiger partial charge in [0, 0.05) is 18.3 Å². The molecule has 3 aliphatic carbocycles. The molecule has 5 atom stereocenters. The summed E-state index contributed by atoms with van der Waals surface area (Å²) in [6.07, 6.45) is 6.16. The van der Waals surface area contributed by atoms with Gasteiger partial charge in [0.25, 0.3) is 0 Å². The van der Waals surface area contributed by atoms with Crippen molar-refractivity contribution >= 4 is 0 Å². The summed E-state index contributed by atoms with van der Waals surface area (Å²) >= 11 is 0. The number of aliphatic hydroxyl groups excluding tert-OH is 1. The lowest BCUT2D eigenvalue weighted by Crippen LogP contribution is -2.68. The van der Waals surface area contributed by atoms with Crippen molar-refractivity contribution in [2.45, 2.75) is 90.4 Å². The third kappa shape index (κ3) is 2.19. The highest BCUT2D eigenvalue weighted by Gasteiger charge is 2.65. The Labute approximate surface area is 140 Å². The van der Waals surface area contributed by atoms with E-state index in [1.807, 2.05) is 13.8 Å². The maximum absolute atomic E-state index is 11.7. The highest BCUT2D eigenvalue weighted by atomic mass is 16.3. The fourth-order valence-corrected chi connectivity index (χ4v) is 6.07. The van der Waals surface area contributed by atoms with Gasteiger partial charge in [-0.2, -0.15) is 0 Å². The predicted octanol–water partition coefficient (Wildman–Crippen LogP) is 3.42. The molecule has 23 heavy (non-hydrogen) atoms. The van der Waals surface area contributed by atoms with Gasteiger partial charge in [0.1, 0.15) is 5.60 Å². The molecule has 3 nitrogen and oxygen atoms in total. The quantitative estimate of drug-likeness (QED) is 0.648. The summed E-state index contributed by atoms with van der Waals surface area (Å²) < 4.78 is 0. The van der Waals surface area contributed by atoms with Gasteiger partial charge in [0.15, 0.2) is 0 Å². The molecule has 0 spiro atoms. The van der Waals surface area contributed by atoms with Gasteiger partial charge in [0.05, 0.1) is 11.7 Å². The Morgan fingerprint density at radius 1 is 1.13 bits per heavy atom. The fraction of sp³-hybridized carbons (Fsp3) is 0.900. The number of allylic oxidation sites excluding steroid dienone is 1. The number of hydrogen-bond donors (Lipinski definition) is 3. The van der Waals surface area contributed by atoms with Crippen molar-refractivity contribution in [2.24, 2.45) is 22.7 Å². The van der Waals surface area contributed by atoms with E-state index in [1.165, 1.54) is 6.42 Å². The summed E-state index contributed by atoms with van der Waals surface area (Å²) in [4.78, 5) is 0. The Morgan fingerprint density at radius 3 is 2.39 bits per heavy atom. The first-order valence-corrected chi connectivity index (χ1v) is 9.30. The molecule has 0 aromatic heterocycles. The van der Waals surface area contributed by atoms with Gasteiger partial charge in [-0.1, -0.05) is 47.1 Å². The monoisotopic (exact) mass is 322 g/mol. The van der Waals surface area contributed by atoms with Crippen LogP contribution in [-0.4, -0.2) is 32.6 Å². The van der Waals surface area contributed by atoms with Crippen LogP contribution in [0.5, 0.6) is 0 Å². The molecule has 0 heterocycles. The van der Waals surface area contributed by atoms with Crippen LogP contribution in [0.4, 0.5) is 0 Å². The van der Waals surface area contributed by atoms with Gasteiger partial charge >= 0.3 is 0 Å². The number of rotatable bonds is 1. The first kappa shape index (κ1) is 17.4. The van der Waals surface area contributed by atoms with Gasteiger partial charge < -0.3 is 15.3 Å². The molecule has 0 aromatic carbocycles. The number of fused-ring (bicyclic) bond motifs is 3. The molecule has 3 N–H and O–H groups in total. The minimum atomic E-state index is -1.19. The summed E-state index contributed by atoms with van der Waals surface area (Å²) in [6, 6.07) is 0. The van der Waals surface area contributed by atoms with E-state index in [0.717, 1.165) is 24.8 Å². The molecule has 132 valence electrons. The largest absolute Gasteiger partial charge is 0.390 e. The molecule has 3 aliphatic rings. The Balaban J connectivity index is 2.07. The lowest BCUT2D eigenvalue weighted by Gasteiger charge is -2.64. The van der Waals surface area contributed by atoms with Crippen LogP contribution in [0.15, 0.2) is 11.6 Å². The van der Waals surface area contributed by atoms with Crippen LogP contribution < -0.4 is 0 Å². The van der Waals surface area contributed by atoms with E-state index >= 15 is 0 Å². The average molecular weight is 322 g/mol. The Morgan fingerprint density at radius 2 is 1.78 bits per heavy atom. The van der Waals surface area contributed by atoms with E-state index in [1.54, 1.807) is 0 Å². The molecule has 0 amide bonds. The summed E-state index contributed by atoms with van der Waals surface area (Å²) in [7, 11) is 0. The molecule has 2 saturated carbocycles. The lowest BCUT2D eigenvalue weighted by atomic mass is 9.43. The fourth-order valence-electron chi connectivity index (χ4n) is 6.07. The zero-order chi connectivity index (χ0) is 17.3. The highest BCUT2D eigenvalue weighted by molar-refractivity contribution is 5.35. The Hall–Kier alpha value is -0.380. The molecule has 0 unspecified atom stereocenters. The molecular weight excluding hydrogens is 288 g/mol. The van der Waals surface area contributed by atoms with Crippen LogP contribution in [0.25, 0.3) is 0 Å². The summed E-state index contributed by atoms with van der Waals surface area (Å²) in [6.45, 7) is 10.8. The molecule has 0 radical (unpaired) electrons. The second kappa shape index (κ2) is 5.06. The Kier molecular flexibility index (Phi) is 3.84. The van der Waals surface area contributed by atoms with Crippen LogP contribution in [0.3, 0.4) is 0 Å². The third-order valence-electron chi connectivity index (χ3n) is 7.79. The highest BCUT2D eigenvalue weighted by Crippen LogP contribution is 2.64. The molecule has 0 bridgehead atoms. The molecule has 0 aromatic rings. The van der Waals surface area contributed by atoms with Crippen molar-refractivity contribution < 1.29 is 15.3 Å². The first-order valence-electron chi connectivity index (χ1n) is 9.30. The van der Waals surface area contributed by atoms with E-state index in [9.17, 15) is 15.3 Å². The molecule has 2 fully saturated rings. The maximum Gasteiger partial charge on any atom is 0.117 e. The summed E-state index contributed by atoms with van der Waals surface area (Å²) in [5.74, 6) is 0.438. The van der Waals surface area contributed by atoms with Crippen molar-refractivity contribution in [3.63, 3.8) is 0 Å². The van der Waals surface area contributed by atoms with Crippen molar-refractivity contribution in [3.05, 3.63) is 11.6 Å².